The molecule has 3 heteroatoms. The van der Waals surface area contributed by atoms with E-state index < -0.39 is 0 Å². The van der Waals surface area contributed by atoms with Gasteiger partial charge in [0.15, 0.2) is 0 Å². The highest BCUT2D eigenvalue weighted by Crippen LogP contribution is 2.41. The molecule has 106 valence electrons. The first kappa shape index (κ1) is 14.6. The van der Waals surface area contributed by atoms with Crippen LogP contribution in [0, 0.1) is 11.3 Å². The first-order chi connectivity index (χ1) is 8.23. The predicted molar refractivity (Wildman–Crippen MR) is 79.4 cm³/mol. The lowest BCUT2D eigenvalue weighted by Crippen LogP contribution is -2.47. The molecule has 0 aromatic heterocycles. The number of nitrogens with one attached hydrogen (secondary N) is 1. The molecule has 3 fully saturated rings. The molecular weight excluding hydrogens is 244 g/mol. The number of rotatable bonds is 5. The van der Waals surface area contributed by atoms with Crippen molar-refractivity contribution in [1.29, 1.82) is 0 Å². The summed E-state index contributed by atoms with van der Waals surface area (Å²) in [7, 11) is 0. The monoisotopic (exact) mass is 272 g/mol. The molecule has 0 radical (unpaired) electrons. The number of hydrogen-bond donors (Lipinski definition) is 1. The Bertz CT molecular complexity index is 253. The molecule has 1 saturated heterocycles. The second-order valence-electron chi connectivity index (χ2n) is 7.07. The summed E-state index contributed by atoms with van der Waals surface area (Å²) in [5.41, 5.74) is 0.675. The Labute approximate surface area is 118 Å². The van der Waals surface area contributed by atoms with Gasteiger partial charge in [0.05, 0.1) is 0 Å². The smallest absolute Gasteiger partial charge is 0.00915 e. The molecule has 1 N–H and O–H groups in total. The van der Waals surface area contributed by atoms with E-state index in [0.717, 1.165) is 12.0 Å². The van der Waals surface area contributed by atoms with Gasteiger partial charge in [-0.3, -0.25) is 0 Å². The van der Waals surface area contributed by atoms with Crippen molar-refractivity contribution in [3.05, 3.63) is 0 Å². The summed E-state index contributed by atoms with van der Waals surface area (Å²) in [5.74, 6) is 1.03. The highest BCUT2D eigenvalue weighted by atomic mass is 35.5. The van der Waals surface area contributed by atoms with Gasteiger partial charge >= 0.3 is 0 Å². The molecule has 3 rings (SSSR count). The molecule has 2 aliphatic carbocycles. The fraction of sp³-hybridized carbons (Fsp3) is 1.00. The van der Waals surface area contributed by atoms with E-state index >= 15 is 0 Å². The minimum atomic E-state index is 0. The van der Waals surface area contributed by atoms with E-state index in [1.807, 2.05) is 0 Å². The van der Waals surface area contributed by atoms with E-state index in [1.54, 1.807) is 0 Å². The second-order valence-corrected chi connectivity index (χ2v) is 7.07. The molecule has 0 atom stereocenters. The molecule has 1 aliphatic heterocycles. The minimum Gasteiger partial charge on any atom is -0.314 e. The Morgan fingerprint density at radius 1 is 1.11 bits per heavy atom. The molecule has 0 aromatic carbocycles. The van der Waals surface area contributed by atoms with Gasteiger partial charge in [0.25, 0.3) is 0 Å². The van der Waals surface area contributed by atoms with Crippen molar-refractivity contribution >= 4 is 12.4 Å². The van der Waals surface area contributed by atoms with Crippen LogP contribution in [0.2, 0.25) is 0 Å². The summed E-state index contributed by atoms with van der Waals surface area (Å²) >= 11 is 0. The SMILES string of the molecule is CC1(CN2CCC(NCC3CC3)CC2)CCC1.Cl. The zero-order valence-corrected chi connectivity index (χ0v) is 12.6. The number of likely N-dealkylation sites (tertiary alicyclic amines) is 1. The standard InChI is InChI=1S/C15H28N2.ClH/c1-15(7-2-8-15)12-17-9-5-14(6-10-17)16-11-13-3-4-13;/h13-14,16H,2-12H2,1H3;1H. The van der Waals surface area contributed by atoms with Crippen LogP contribution in [0.3, 0.4) is 0 Å². The largest absolute Gasteiger partial charge is 0.314 e. The summed E-state index contributed by atoms with van der Waals surface area (Å²) in [5, 5.41) is 3.77. The van der Waals surface area contributed by atoms with Gasteiger partial charge < -0.3 is 10.2 Å². The number of piperidine rings is 1. The molecule has 2 nitrogen and oxygen atoms in total. The lowest BCUT2D eigenvalue weighted by atomic mass is 9.70. The number of hydrogen-bond acceptors (Lipinski definition) is 2. The van der Waals surface area contributed by atoms with E-state index in [0.29, 0.717) is 5.41 Å². The summed E-state index contributed by atoms with van der Waals surface area (Å²) in [6, 6.07) is 0.820. The number of halogens is 1. The maximum absolute atomic E-state index is 3.77. The molecule has 0 amide bonds. The highest BCUT2D eigenvalue weighted by Gasteiger charge is 2.34. The van der Waals surface area contributed by atoms with Crippen molar-refractivity contribution < 1.29 is 0 Å². The molecule has 2 saturated carbocycles. The van der Waals surface area contributed by atoms with Crippen molar-refractivity contribution in [1.82, 2.24) is 10.2 Å². The van der Waals surface area contributed by atoms with Crippen LogP contribution >= 0.6 is 12.4 Å². The third kappa shape index (κ3) is 3.85. The average Bonchev–Trinajstić information content (AvgIpc) is 3.10. The van der Waals surface area contributed by atoms with Crippen molar-refractivity contribution in [2.24, 2.45) is 11.3 Å². The van der Waals surface area contributed by atoms with Crippen molar-refractivity contribution in [2.45, 2.75) is 57.9 Å². The average molecular weight is 273 g/mol. The minimum absolute atomic E-state index is 0. The van der Waals surface area contributed by atoms with Crippen LogP contribution in [-0.2, 0) is 0 Å². The maximum Gasteiger partial charge on any atom is 0.00915 e. The molecule has 0 unspecified atom stereocenters. The Kier molecular flexibility index (Phi) is 4.96. The molecule has 0 bridgehead atoms. The maximum atomic E-state index is 3.77. The Morgan fingerprint density at radius 2 is 1.78 bits per heavy atom. The topological polar surface area (TPSA) is 15.3 Å². The zero-order chi connectivity index (χ0) is 11.7. The van der Waals surface area contributed by atoms with E-state index in [9.17, 15) is 0 Å². The molecule has 1 heterocycles. The summed E-state index contributed by atoms with van der Waals surface area (Å²) in [4.78, 5) is 2.72. The van der Waals surface area contributed by atoms with Gasteiger partial charge in [-0.05, 0) is 69.5 Å². The van der Waals surface area contributed by atoms with Gasteiger partial charge in [0, 0.05) is 12.6 Å². The number of nitrogens with zero attached hydrogens (tertiary/aromatic N) is 1. The van der Waals surface area contributed by atoms with Crippen LogP contribution in [0.15, 0.2) is 0 Å². The van der Waals surface area contributed by atoms with Gasteiger partial charge in [-0.1, -0.05) is 13.3 Å². The zero-order valence-electron chi connectivity index (χ0n) is 11.8. The van der Waals surface area contributed by atoms with Crippen LogP contribution in [0.1, 0.15) is 51.9 Å². The second kappa shape index (κ2) is 6.11. The van der Waals surface area contributed by atoms with E-state index in [4.69, 9.17) is 0 Å². The van der Waals surface area contributed by atoms with Crippen molar-refractivity contribution in [2.75, 3.05) is 26.2 Å². The van der Waals surface area contributed by atoms with Gasteiger partial charge in [-0.2, -0.15) is 0 Å². The third-order valence-electron chi connectivity index (χ3n) is 5.15. The normalized spacial score (nSPS) is 28.5. The molecular formula is C15H29ClN2. The van der Waals surface area contributed by atoms with Crippen LogP contribution in [0.5, 0.6) is 0 Å². The fourth-order valence-corrected chi connectivity index (χ4v) is 3.43. The molecule has 3 aliphatic rings. The van der Waals surface area contributed by atoms with Crippen molar-refractivity contribution in [3.63, 3.8) is 0 Å². The fourth-order valence-electron chi connectivity index (χ4n) is 3.43. The van der Waals surface area contributed by atoms with E-state index in [-0.39, 0.29) is 12.4 Å². The summed E-state index contributed by atoms with van der Waals surface area (Å²) in [6.07, 6.45) is 10.1. The van der Waals surface area contributed by atoms with Crippen LogP contribution in [-0.4, -0.2) is 37.1 Å². The lowest BCUT2D eigenvalue weighted by molar-refractivity contribution is 0.0681. The Morgan fingerprint density at radius 3 is 2.28 bits per heavy atom. The Hall–Kier alpha value is 0.210. The van der Waals surface area contributed by atoms with Gasteiger partial charge in [0.1, 0.15) is 0 Å². The van der Waals surface area contributed by atoms with Gasteiger partial charge in [0.2, 0.25) is 0 Å². The lowest BCUT2D eigenvalue weighted by Gasteiger charge is -2.44. The van der Waals surface area contributed by atoms with Crippen molar-refractivity contribution in [3.8, 4) is 0 Å². The third-order valence-corrected chi connectivity index (χ3v) is 5.15. The van der Waals surface area contributed by atoms with Crippen LogP contribution in [0.4, 0.5) is 0 Å². The molecule has 0 spiro atoms. The first-order valence-electron chi connectivity index (χ1n) is 7.69. The summed E-state index contributed by atoms with van der Waals surface area (Å²) in [6.45, 7) is 7.80. The Balaban J connectivity index is 0.00000120. The predicted octanol–water partition coefficient (Wildman–Crippen LogP) is 3.06. The summed E-state index contributed by atoms with van der Waals surface area (Å²) < 4.78 is 0. The molecule has 0 aromatic rings. The van der Waals surface area contributed by atoms with Crippen LogP contribution < -0.4 is 5.32 Å². The first-order valence-corrected chi connectivity index (χ1v) is 7.69. The van der Waals surface area contributed by atoms with Crippen LogP contribution in [0.25, 0.3) is 0 Å². The van der Waals surface area contributed by atoms with E-state index in [1.165, 1.54) is 71.1 Å². The quantitative estimate of drug-likeness (QED) is 0.828. The molecule has 18 heavy (non-hydrogen) atoms. The van der Waals surface area contributed by atoms with Gasteiger partial charge in [-0.25, -0.2) is 0 Å². The van der Waals surface area contributed by atoms with E-state index in [2.05, 4.69) is 17.1 Å². The van der Waals surface area contributed by atoms with Gasteiger partial charge in [-0.15, -0.1) is 12.4 Å². The highest BCUT2D eigenvalue weighted by molar-refractivity contribution is 5.85.